The molecule has 0 heterocycles. The Morgan fingerprint density at radius 1 is 1.25 bits per heavy atom. The van der Waals surface area contributed by atoms with Crippen LogP contribution in [0.2, 0.25) is 5.02 Å². The van der Waals surface area contributed by atoms with E-state index in [1.54, 1.807) is 11.8 Å². The first-order valence-electron chi connectivity index (χ1n) is 7.38. The first-order chi connectivity index (χ1) is 9.70. The summed E-state index contributed by atoms with van der Waals surface area (Å²) in [5, 5.41) is 3.99. The molecule has 4 heteroatoms. The Morgan fingerprint density at radius 2 is 2.05 bits per heavy atom. The van der Waals surface area contributed by atoms with E-state index in [2.05, 4.69) is 5.32 Å². The molecule has 0 aromatic heterocycles. The number of thioether (sulfide) groups is 1. The molecule has 0 unspecified atom stereocenters. The summed E-state index contributed by atoms with van der Waals surface area (Å²) in [4.78, 5) is 13.1. The van der Waals surface area contributed by atoms with Crippen molar-refractivity contribution >= 4 is 29.3 Å². The van der Waals surface area contributed by atoms with Crippen LogP contribution >= 0.6 is 23.4 Å². The van der Waals surface area contributed by atoms with Gasteiger partial charge in [-0.25, -0.2) is 0 Å². The maximum atomic E-state index is 12.0. The van der Waals surface area contributed by atoms with Crippen LogP contribution in [-0.4, -0.2) is 17.7 Å². The largest absolute Gasteiger partial charge is 0.353 e. The highest BCUT2D eigenvalue weighted by atomic mass is 35.5. The zero-order chi connectivity index (χ0) is 13.9. The molecule has 0 aliphatic heterocycles. The van der Waals surface area contributed by atoms with Crippen molar-refractivity contribution in [2.75, 3.05) is 5.75 Å². The van der Waals surface area contributed by atoms with E-state index in [0.717, 1.165) is 22.6 Å². The summed E-state index contributed by atoms with van der Waals surface area (Å²) >= 11 is 7.56. The number of hydrogen-bond donors (Lipinski definition) is 1. The number of carbonyl (C=O) groups excluding carboxylic acids is 1. The lowest BCUT2D eigenvalue weighted by Gasteiger charge is -2.22. The van der Waals surface area contributed by atoms with Gasteiger partial charge >= 0.3 is 0 Å². The average Bonchev–Trinajstić information content (AvgIpc) is 3.03. The minimum Gasteiger partial charge on any atom is -0.353 e. The summed E-state index contributed by atoms with van der Waals surface area (Å²) in [7, 11) is 0. The summed E-state index contributed by atoms with van der Waals surface area (Å²) in [5.74, 6) is 2.68. The van der Waals surface area contributed by atoms with Crippen molar-refractivity contribution in [2.45, 2.75) is 43.0 Å². The van der Waals surface area contributed by atoms with Crippen molar-refractivity contribution in [1.82, 2.24) is 5.32 Å². The molecule has 2 saturated carbocycles. The van der Waals surface area contributed by atoms with Gasteiger partial charge in [0.25, 0.3) is 0 Å². The van der Waals surface area contributed by atoms with E-state index in [0.29, 0.717) is 12.5 Å². The Hall–Kier alpha value is -0.670. The fourth-order valence-corrected chi connectivity index (χ4v) is 4.47. The molecule has 1 N–H and O–H groups in total. The van der Waals surface area contributed by atoms with Crippen molar-refractivity contribution in [3.63, 3.8) is 0 Å². The Labute approximate surface area is 129 Å². The molecule has 2 bridgehead atoms. The maximum absolute atomic E-state index is 12.0. The van der Waals surface area contributed by atoms with Crippen LogP contribution in [0.25, 0.3) is 0 Å². The third-order valence-electron chi connectivity index (χ3n) is 4.50. The zero-order valence-corrected chi connectivity index (χ0v) is 13.1. The molecule has 20 heavy (non-hydrogen) atoms. The van der Waals surface area contributed by atoms with E-state index in [4.69, 9.17) is 11.6 Å². The Balaban J connectivity index is 1.38. The summed E-state index contributed by atoms with van der Waals surface area (Å²) in [6, 6.07) is 8.24. The van der Waals surface area contributed by atoms with Gasteiger partial charge in [-0.15, -0.1) is 11.8 Å². The van der Waals surface area contributed by atoms with Crippen LogP contribution in [0.1, 0.15) is 32.1 Å². The molecule has 1 amide bonds. The van der Waals surface area contributed by atoms with Gasteiger partial charge in [0, 0.05) is 28.1 Å². The Kier molecular flexibility index (Phi) is 4.57. The second-order valence-electron chi connectivity index (χ2n) is 5.90. The van der Waals surface area contributed by atoms with Crippen LogP contribution in [0.4, 0.5) is 0 Å². The van der Waals surface area contributed by atoms with Crippen LogP contribution in [-0.2, 0) is 4.79 Å². The highest BCUT2D eigenvalue weighted by molar-refractivity contribution is 7.99. The van der Waals surface area contributed by atoms with E-state index in [1.165, 1.54) is 30.6 Å². The number of rotatable bonds is 5. The normalized spacial score (nSPS) is 27.8. The second kappa shape index (κ2) is 6.40. The molecule has 0 spiro atoms. The molecule has 2 aliphatic rings. The van der Waals surface area contributed by atoms with Gasteiger partial charge < -0.3 is 5.32 Å². The number of carbonyl (C=O) groups is 1. The van der Waals surface area contributed by atoms with E-state index < -0.39 is 0 Å². The van der Waals surface area contributed by atoms with Gasteiger partial charge in [-0.1, -0.05) is 18.0 Å². The van der Waals surface area contributed by atoms with E-state index >= 15 is 0 Å². The van der Waals surface area contributed by atoms with Gasteiger partial charge in [0.1, 0.15) is 0 Å². The molecule has 1 aromatic rings. The molecule has 1 aromatic carbocycles. The number of amides is 1. The topological polar surface area (TPSA) is 29.1 Å². The monoisotopic (exact) mass is 309 g/mol. The number of hydrogen-bond acceptors (Lipinski definition) is 2. The standard InChI is InChI=1S/C16H20ClNOS/c17-13-3-5-14(6-4-13)20-8-7-16(19)18-15-10-11-1-2-12(15)9-11/h3-6,11-12,15H,1-2,7-10H2,(H,18,19)/t11-,12-,15-/m0/s1. The first-order valence-corrected chi connectivity index (χ1v) is 8.75. The highest BCUT2D eigenvalue weighted by Crippen LogP contribution is 2.44. The predicted molar refractivity (Wildman–Crippen MR) is 84.2 cm³/mol. The van der Waals surface area contributed by atoms with E-state index in [9.17, 15) is 4.79 Å². The smallest absolute Gasteiger partial charge is 0.221 e. The van der Waals surface area contributed by atoms with Crippen LogP contribution in [0.15, 0.2) is 29.2 Å². The van der Waals surface area contributed by atoms with Crippen molar-refractivity contribution in [1.29, 1.82) is 0 Å². The predicted octanol–water partition coefficient (Wildman–Crippen LogP) is 4.13. The zero-order valence-electron chi connectivity index (χ0n) is 11.5. The molecule has 3 atom stereocenters. The van der Waals surface area contributed by atoms with Crippen LogP contribution in [0, 0.1) is 11.8 Å². The van der Waals surface area contributed by atoms with Gasteiger partial charge in [-0.05, 0) is 55.4 Å². The van der Waals surface area contributed by atoms with Crippen LogP contribution < -0.4 is 5.32 Å². The lowest BCUT2D eigenvalue weighted by atomic mass is 9.95. The molecule has 0 radical (unpaired) electrons. The minimum atomic E-state index is 0.212. The number of nitrogens with one attached hydrogen (secondary N) is 1. The van der Waals surface area contributed by atoms with Gasteiger partial charge in [-0.2, -0.15) is 0 Å². The van der Waals surface area contributed by atoms with Crippen molar-refractivity contribution in [3.05, 3.63) is 29.3 Å². The average molecular weight is 310 g/mol. The molecule has 2 aliphatic carbocycles. The molecule has 108 valence electrons. The quantitative estimate of drug-likeness (QED) is 0.829. The highest BCUT2D eigenvalue weighted by Gasteiger charge is 2.39. The summed E-state index contributed by atoms with van der Waals surface area (Å²) in [6.07, 6.45) is 5.84. The lowest BCUT2D eigenvalue weighted by Crippen LogP contribution is -2.38. The Morgan fingerprint density at radius 3 is 2.70 bits per heavy atom. The van der Waals surface area contributed by atoms with Crippen LogP contribution in [0.3, 0.4) is 0 Å². The molecule has 3 rings (SSSR count). The lowest BCUT2D eigenvalue weighted by molar-refractivity contribution is -0.121. The molecule has 2 nitrogen and oxygen atoms in total. The van der Waals surface area contributed by atoms with Crippen molar-refractivity contribution < 1.29 is 4.79 Å². The fraction of sp³-hybridized carbons (Fsp3) is 0.562. The van der Waals surface area contributed by atoms with Gasteiger partial charge in [-0.3, -0.25) is 4.79 Å². The molecule has 2 fully saturated rings. The van der Waals surface area contributed by atoms with Gasteiger partial charge in [0.05, 0.1) is 0 Å². The molecule has 0 saturated heterocycles. The van der Waals surface area contributed by atoms with Crippen molar-refractivity contribution in [2.24, 2.45) is 11.8 Å². The third-order valence-corrected chi connectivity index (χ3v) is 5.76. The maximum Gasteiger partial charge on any atom is 0.221 e. The van der Waals surface area contributed by atoms with E-state index in [1.807, 2.05) is 24.3 Å². The summed E-state index contributed by atoms with van der Waals surface area (Å²) < 4.78 is 0. The molecular weight excluding hydrogens is 290 g/mol. The Bertz CT molecular complexity index is 476. The number of fused-ring (bicyclic) bond motifs is 2. The SMILES string of the molecule is O=C(CCSc1ccc(Cl)cc1)N[C@H]1C[C@H]2CC[C@H]1C2. The first kappa shape index (κ1) is 14.3. The summed E-state index contributed by atoms with van der Waals surface area (Å²) in [5.41, 5.74) is 0. The fourth-order valence-electron chi connectivity index (χ4n) is 3.49. The summed E-state index contributed by atoms with van der Waals surface area (Å²) in [6.45, 7) is 0. The number of halogens is 1. The third kappa shape index (κ3) is 3.50. The van der Waals surface area contributed by atoms with Crippen molar-refractivity contribution in [3.8, 4) is 0 Å². The van der Waals surface area contributed by atoms with Crippen LogP contribution in [0.5, 0.6) is 0 Å². The van der Waals surface area contributed by atoms with E-state index in [-0.39, 0.29) is 5.91 Å². The second-order valence-corrected chi connectivity index (χ2v) is 7.51. The minimum absolute atomic E-state index is 0.212. The molecular formula is C16H20ClNOS. The number of benzene rings is 1. The van der Waals surface area contributed by atoms with Gasteiger partial charge in [0.15, 0.2) is 0 Å². The van der Waals surface area contributed by atoms with Gasteiger partial charge in [0.2, 0.25) is 5.91 Å².